The van der Waals surface area contributed by atoms with Gasteiger partial charge in [-0.05, 0) is 30.9 Å². The lowest BCUT2D eigenvalue weighted by atomic mass is 9.94. The van der Waals surface area contributed by atoms with Crippen LogP contribution in [0.15, 0.2) is 18.2 Å². The first kappa shape index (κ1) is 16.1. The first-order valence-corrected chi connectivity index (χ1v) is 6.88. The van der Waals surface area contributed by atoms with Gasteiger partial charge in [0.2, 0.25) is 0 Å². The standard InChI is InChI=1S/C15H21N3O2/c1-4-17-14(7-11(2)3)8-12-5-6-15(18(19)20)9-13(12)10-16/h5-6,9,11,14,17H,4,7-8H2,1-3H3. The summed E-state index contributed by atoms with van der Waals surface area (Å²) in [6.07, 6.45) is 1.72. The number of nitro groups is 1. The average Bonchev–Trinajstić information content (AvgIpc) is 2.38. The molecule has 0 aromatic heterocycles. The van der Waals surface area contributed by atoms with Gasteiger partial charge in [0.1, 0.15) is 0 Å². The summed E-state index contributed by atoms with van der Waals surface area (Å²) in [7, 11) is 0. The zero-order chi connectivity index (χ0) is 15.1. The normalized spacial score (nSPS) is 12.2. The van der Waals surface area contributed by atoms with Crippen LogP contribution >= 0.6 is 0 Å². The minimum Gasteiger partial charge on any atom is -0.314 e. The van der Waals surface area contributed by atoms with Crippen molar-refractivity contribution in [2.24, 2.45) is 5.92 Å². The van der Waals surface area contributed by atoms with Crippen molar-refractivity contribution in [3.8, 4) is 6.07 Å². The van der Waals surface area contributed by atoms with Gasteiger partial charge in [0.25, 0.3) is 5.69 Å². The molecule has 5 heteroatoms. The lowest BCUT2D eigenvalue weighted by Gasteiger charge is -2.20. The molecule has 1 rings (SSSR count). The fourth-order valence-corrected chi connectivity index (χ4v) is 2.32. The Labute approximate surface area is 119 Å². The van der Waals surface area contributed by atoms with Gasteiger partial charge < -0.3 is 5.32 Å². The molecule has 1 atom stereocenters. The maximum Gasteiger partial charge on any atom is 0.270 e. The molecule has 0 aliphatic heterocycles. The van der Waals surface area contributed by atoms with Crippen LogP contribution in [0.3, 0.4) is 0 Å². The quantitative estimate of drug-likeness (QED) is 0.612. The third kappa shape index (κ3) is 4.63. The molecular weight excluding hydrogens is 254 g/mol. The Balaban J connectivity index is 2.94. The molecule has 0 saturated heterocycles. The SMILES string of the molecule is CCNC(Cc1ccc([N+](=O)[O-])cc1C#N)CC(C)C. The molecule has 0 heterocycles. The zero-order valence-electron chi connectivity index (χ0n) is 12.2. The topological polar surface area (TPSA) is 79.0 Å². The molecular formula is C15H21N3O2. The molecule has 0 spiro atoms. The highest BCUT2D eigenvalue weighted by Gasteiger charge is 2.15. The van der Waals surface area contributed by atoms with Crippen molar-refractivity contribution in [2.45, 2.75) is 39.7 Å². The molecule has 0 fully saturated rings. The van der Waals surface area contributed by atoms with Crippen LogP contribution in [0.4, 0.5) is 5.69 Å². The number of nitriles is 1. The first-order valence-electron chi connectivity index (χ1n) is 6.88. The maximum absolute atomic E-state index is 10.7. The van der Waals surface area contributed by atoms with E-state index >= 15 is 0 Å². The fourth-order valence-electron chi connectivity index (χ4n) is 2.32. The number of nitrogens with one attached hydrogen (secondary N) is 1. The third-order valence-electron chi connectivity index (χ3n) is 3.14. The number of rotatable bonds is 7. The predicted octanol–water partition coefficient (Wildman–Crippen LogP) is 3.03. The van der Waals surface area contributed by atoms with Crippen molar-refractivity contribution in [2.75, 3.05) is 6.54 Å². The molecule has 1 unspecified atom stereocenters. The van der Waals surface area contributed by atoms with Crippen LogP contribution in [0.25, 0.3) is 0 Å². The van der Waals surface area contributed by atoms with Gasteiger partial charge in [0.05, 0.1) is 16.6 Å². The number of non-ortho nitro benzene ring substituents is 1. The van der Waals surface area contributed by atoms with Crippen LogP contribution in [-0.4, -0.2) is 17.5 Å². The van der Waals surface area contributed by atoms with Gasteiger partial charge in [-0.15, -0.1) is 0 Å². The average molecular weight is 275 g/mol. The molecule has 0 aliphatic rings. The molecule has 0 bridgehead atoms. The molecule has 0 aliphatic carbocycles. The summed E-state index contributed by atoms with van der Waals surface area (Å²) in [6.45, 7) is 7.23. The monoisotopic (exact) mass is 275 g/mol. The van der Waals surface area contributed by atoms with Crippen molar-refractivity contribution in [3.05, 3.63) is 39.4 Å². The summed E-state index contributed by atoms with van der Waals surface area (Å²) in [5.74, 6) is 0.558. The molecule has 20 heavy (non-hydrogen) atoms. The van der Waals surface area contributed by atoms with E-state index in [2.05, 4.69) is 25.2 Å². The highest BCUT2D eigenvalue weighted by Crippen LogP contribution is 2.20. The summed E-state index contributed by atoms with van der Waals surface area (Å²) in [5, 5.41) is 23.3. The largest absolute Gasteiger partial charge is 0.314 e. The summed E-state index contributed by atoms with van der Waals surface area (Å²) in [6, 6.07) is 6.86. The third-order valence-corrected chi connectivity index (χ3v) is 3.14. The van der Waals surface area contributed by atoms with Crippen LogP contribution in [0.2, 0.25) is 0 Å². The highest BCUT2D eigenvalue weighted by molar-refractivity contribution is 5.46. The van der Waals surface area contributed by atoms with Crippen molar-refractivity contribution in [1.29, 1.82) is 5.26 Å². The molecule has 0 amide bonds. The van der Waals surface area contributed by atoms with Crippen molar-refractivity contribution in [1.82, 2.24) is 5.32 Å². The smallest absolute Gasteiger partial charge is 0.270 e. The minimum absolute atomic E-state index is 0.0332. The molecule has 108 valence electrons. The molecule has 0 saturated carbocycles. The van der Waals surface area contributed by atoms with E-state index in [9.17, 15) is 10.1 Å². The van der Waals surface area contributed by atoms with E-state index in [-0.39, 0.29) is 11.7 Å². The Kier molecular flexibility index (Phi) is 6.13. The Bertz CT molecular complexity index is 506. The lowest BCUT2D eigenvalue weighted by molar-refractivity contribution is -0.384. The minimum atomic E-state index is -0.472. The number of nitrogens with zero attached hydrogens (tertiary/aromatic N) is 2. The molecule has 1 aromatic rings. The zero-order valence-corrected chi connectivity index (χ0v) is 12.2. The summed E-state index contributed by atoms with van der Waals surface area (Å²) < 4.78 is 0. The van der Waals surface area contributed by atoms with E-state index in [1.165, 1.54) is 12.1 Å². The van der Waals surface area contributed by atoms with E-state index in [0.717, 1.165) is 18.5 Å². The summed E-state index contributed by atoms with van der Waals surface area (Å²) in [5.41, 5.74) is 1.23. The number of likely N-dealkylation sites (N-methyl/N-ethyl adjacent to an activating group) is 1. The molecule has 1 N–H and O–H groups in total. The van der Waals surface area contributed by atoms with Gasteiger partial charge >= 0.3 is 0 Å². The van der Waals surface area contributed by atoms with Gasteiger partial charge in [-0.25, -0.2) is 0 Å². The molecule has 0 radical (unpaired) electrons. The van der Waals surface area contributed by atoms with Gasteiger partial charge in [-0.1, -0.05) is 26.8 Å². The molecule has 5 nitrogen and oxygen atoms in total. The predicted molar refractivity (Wildman–Crippen MR) is 78.4 cm³/mol. The van der Waals surface area contributed by atoms with Gasteiger partial charge in [0.15, 0.2) is 0 Å². The van der Waals surface area contributed by atoms with E-state index in [4.69, 9.17) is 5.26 Å². The van der Waals surface area contributed by atoms with Crippen LogP contribution in [0, 0.1) is 27.4 Å². The summed E-state index contributed by atoms with van der Waals surface area (Å²) >= 11 is 0. The summed E-state index contributed by atoms with van der Waals surface area (Å²) in [4.78, 5) is 10.3. The second kappa shape index (κ2) is 7.61. The Morgan fingerprint density at radius 3 is 2.65 bits per heavy atom. The van der Waals surface area contributed by atoms with E-state index in [1.807, 2.05) is 6.92 Å². The lowest BCUT2D eigenvalue weighted by Crippen LogP contribution is -2.32. The van der Waals surface area contributed by atoms with E-state index < -0.39 is 4.92 Å². The number of nitro benzene ring substituents is 1. The first-order chi connectivity index (χ1) is 9.47. The van der Waals surface area contributed by atoms with Crippen molar-refractivity contribution < 1.29 is 4.92 Å². The van der Waals surface area contributed by atoms with E-state index in [1.54, 1.807) is 6.07 Å². The Morgan fingerprint density at radius 2 is 2.15 bits per heavy atom. The van der Waals surface area contributed by atoms with Crippen molar-refractivity contribution >= 4 is 5.69 Å². The number of hydrogen-bond acceptors (Lipinski definition) is 4. The van der Waals surface area contributed by atoms with Crippen LogP contribution in [0.5, 0.6) is 0 Å². The van der Waals surface area contributed by atoms with Crippen LogP contribution < -0.4 is 5.32 Å². The Hall–Kier alpha value is -1.93. The second-order valence-electron chi connectivity index (χ2n) is 5.30. The highest BCUT2D eigenvalue weighted by atomic mass is 16.6. The number of benzene rings is 1. The van der Waals surface area contributed by atoms with Gasteiger partial charge in [-0.3, -0.25) is 10.1 Å². The Morgan fingerprint density at radius 1 is 1.45 bits per heavy atom. The van der Waals surface area contributed by atoms with Gasteiger partial charge in [-0.2, -0.15) is 5.26 Å². The van der Waals surface area contributed by atoms with Gasteiger partial charge in [0, 0.05) is 18.2 Å². The van der Waals surface area contributed by atoms with E-state index in [0.29, 0.717) is 17.9 Å². The van der Waals surface area contributed by atoms with Crippen LogP contribution in [0.1, 0.15) is 38.3 Å². The second-order valence-corrected chi connectivity index (χ2v) is 5.30. The maximum atomic E-state index is 10.7. The molecule has 1 aromatic carbocycles. The van der Waals surface area contributed by atoms with Crippen LogP contribution in [-0.2, 0) is 6.42 Å². The fraction of sp³-hybridized carbons (Fsp3) is 0.533. The van der Waals surface area contributed by atoms with Crippen molar-refractivity contribution in [3.63, 3.8) is 0 Å². The number of hydrogen-bond donors (Lipinski definition) is 1.